The highest BCUT2D eigenvalue weighted by Gasteiger charge is 2.33. The molecule has 0 aliphatic carbocycles. The molecule has 1 amide bonds. The molecule has 1 aliphatic heterocycles. The summed E-state index contributed by atoms with van der Waals surface area (Å²) >= 11 is 0. The smallest absolute Gasteiger partial charge is 0.254 e. The van der Waals surface area contributed by atoms with Crippen LogP contribution in [0.5, 0.6) is 0 Å². The van der Waals surface area contributed by atoms with Crippen molar-refractivity contribution in [2.24, 2.45) is 7.05 Å². The summed E-state index contributed by atoms with van der Waals surface area (Å²) in [6.45, 7) is 2.61. The van der Waals surface area contributed by atoms with Gasteiger partial charge in [0.2, 0.25) is 0 Å². The number of hydrogen-bond donors (Lipinski definition) is 0. The average Bonchev–Trinajstić information content (AvgIpc) is 3.27. The van der Waals surface area contributed by atoms with E-state index in [1.807, 2.05) is 31.1 Å². The van der Waals surface area contributed by atoms with E-state index in [4.69, 9.17) is 4.52 Å². The second-order valence-electron chi connectivity index (χ2n) is 6.68. The number of nitrogens with zero attached hydrogens (tertiary/aromatic N) is 5. The van der Waals surface area contributed by atoms with E-state index in [-0.39, 0.29) is 11.9 Å². The lowest BCUT2D eigenvalue weighted by Crippen LogP contribution is -2.39. The summed E-state index contributed by atoms with van der Waals surface area (Å²) in [6, 6.07) is 5.34. The lowest BCUT2D eigenvalue weighted by molar-refractivity contribution is 0.0605. The molecule has 0 saturated carbocycles. The lowest BCUT2D eigenvalue weighted by atomic mass is 9.95. The van der Waals surface area contributed by atoms with Gasteiger partial charge in [-0.1, -0.05) is 5.16 Å². The van der Waals surface area contributed by atoms with Crippen molar-refractivity contribution in [3.8, 4) is 11.3 Å². The maximum Gasteiger partial charge on any atom is 0.254 e. The van der Waals surface area contributed by atoms with E-state index < -0.39 is 0 Å². The summed E-state index contributed by atoms with van der Waals surface area (Å²) in [4.78, 5) is 19.0. The topological polar surface area (TPSA) is 77.0 Å². The van der Waals surface area contributed by atoms with Crippen molar-refractivity contribution in [1.82, 2.24) is 24.8 Å². The molecular weight excluding hydrogens is 330 g/mol. The molecule has 26 heavy (non-hydrogen) atoms. The highest BCUT2D eigenvalue weighted by molar-refractivity contribution is 5.94. The first kappa shape index (κ1) is 16.5. The van der Waals surface area contributed by atoms with Gasteiger partial charge >= 0.3 is 0 Å². The lowest BCUT2D eigenvalue weighted by Gasteiger charge is -2.35. The van der Waals surface area contributed by atoms with Gasteiger partial charge in [-0.25, -0.2) is 0 Å². The zero-order chi connectivity index (χ0) is 18.1. The van der Waals surface area contributed by atoms with Crippen molar-refractivity contribution in [3.05, 3.63) is 53.7 Å². The molecule has 1 atom stereocenters. The minimum Gasteiger partial charge on any atom is -0.356 e. The Morgan fingerprint density at radius 1 is 1.27 bits per heavy atom. The fourth-order valence-corrected chi connectivity index (χ4v) is 3.55. The van der Waals surface area contributed by atoms with Gasteiger partial charge in [-0.15, -0.1) is 0 Å². The van der Waals surface area contributed by atoms with Crippen molar-refractivity contribution in [3.63, 3.8) is 0 Å². The molecule has 1 unspecified atom stereocenters. The van der Waals surface area contributed by atoms with Crippen molar-refractivity contribution >= 4 is 5.91 Å². The fraction of sp³-hybridized carbons (Fsp3) is 0.368. The number of hydrogen-bond acceptors (Lipinski definition) is 5. The summed E-state index contributed by atoms with van der Waals surface area (Å²) in [5, 5.41) is 8.66. The van der Waals surface area contributed by atoms with Crippen LogP contribution in [0.4, 0.5) is 0 Å². The summed E-state index contributed by atoms with van der Waals surface area (Å²) in [6.07, 6.45) is 8.17. The Hall–Kier alpha value is -2.96. The molecular formula is C19H21N5O2. The van der Waals surface area contributed by atoms with Gasteiger partial charge in [0, 0.05) is 43.8 Å². The van der Waals surface area contributed by atoms with Gasteiger partial charge in [-0.2, -0.15) is 5.10 Å². The van der Waals surface area contributed by atoms with Crippen molar-refractivity contribution < 1.29 is 9.32 Å². The molecule has 4 heterocycles. The minimum atomic E-state index is -0.0778. The van der Waals surface area contributed by atoms with Crippen LogP contribution in [0.3, 0.4) is 0 Å². The number of piperidine rings is 1. The first-order valence-electron chi connectivity index (χ1n) is 8.81. The van der Waals surface area contributed by atoms with Crippen LogP contribution < -0.4 is 0 Å². The molecule has 0 spiro atoms. The Balaban J connectivity index is 1.72. The van der Waals surface area contributed by atoms with Crippen LogP contribution in [0.25, 0.3) is 11.3 Å². The number of aryl methyl sites for hydroxylation is 2. The molecule has 3 aromatic heterocycles. The normalized spacial score (nSPS) is 17.5. The maximum atomic E-state index is 13.1. The molecule has 0 aromatic carbocycles. The molecule has 0 radical (unpaired) electrons. The van der Waals surface area contributed by atoms with Gasteiger partial charge in [0.05, 0.1) is 23.0 Å². The second kappa shape index (κ2) is 6.74. The monoisotopic (exact) mass is 351 g/mol. The Morgan fingerprint density at radius 2 is 2.08 bits per heavy atom. The molecule has 1 saturated heterocycles. The number of carbonyl (C=O) groups excluding carboxylic acids is 1. The van der Waals surface area contributed by atoms with E-state index in [2.05, 4.69) is 15.2 Å². The zero-order valence-electron chi connectivity index (χ0n) is 14.9. The first-order valence-corrected chi connectivity index (χ1v) is 8.81. The molecule has 1 aliphatic rings. The molecule has 7 nitrogen and oxygen atoms in total. The van der Waals surface area contributed by atoms with E-state index in [1.54, 1.807) is 29.2 Å². The minimum absolute atomic E-state index is 0.0162. The van der Waals surface area contributed by atoms with Crippen LogP contribution in [-0.4, -0.2) is 37.3 Å². The van der Waals surface area contributed by atoms with Crippen LogP contribution in [-0.2, 0) is 7.05 Å². The maximum absolute atomic E-state index is 13.1. The molecule has 0 N–H and O–H groups in total. The standard InChI is InChI=1S/C19H21N5O2/c1-13-11-17(26-22-13)15-12-23(2)21-18(15)16-5-3-4-10-24(16)19(25)14-6-8-20-9-7-14/h6-9,11-12,16H,3-5,10H2,1-2H3. The van der Waals surface area contributed by atoms with Gasteiger partial charge in [-0.3, -0.25) is 14.5 Å². The van der Waals surface area contributed by atoms with E-state index in [1.165, 1.54) is 0 Å². The Labute approximate surface area is 151 Å². The molecule has 0 bridgehead atoms. The summed E-state index contributed by atoms with van der Waals surface area (Å²) < 4.78 is 7.23. The van der Waals surface area contributed by atoms with Gasteiger partial charge in [0.1, 0.15) is 0 Å². The molecule has 3 aromatic rings. The van der Waals surface area contributed by atoms with E-state index in [0.29, 0.717) is 11.3 Å². The van der Waals surface area contributed by atoms with Crippen LogP contribution in [0, 0.1) is 6.92 Å². The number of pyridine rings is 1. The van der Waals surface area contributed by atoms with Crippen LogP contribution in [0.15, 0.2) is 41.3 Å². The van der Waals surface area contributed by atoms with Gasteiger partial charge in [0.15, 0.2) is 5.76 Å². The third-order valence-electron chi connectivity index (χ3n) is 4.76. The van der Waals surface area contributed by atoms with Gasteiger partial charge < -0.3 is 9.42 Å². The van der Waals surface area contributed by atoms with E-state index in [0.717, 1.165) is 42.8 Å². The Bertz CT molecular complexity index is 915. The van der Waals surface area contributed by atoms with Gasteiger partial charge in [-0.05, 0) is 38.3 Å². The molecule has 1 fully saturated rings. The molecule has 7 heteroatoms. The number of amides is 1. The predicted octanol–water partition coefficient (Wildman–Crippen LogP) is 3.15. The van der Waals surface area contributed by atoms with Crippen molar-refractivity contribution in [2.45, 2.75) is 32.2 Å². The van der Waals surface area contributed by atoms with Crippen molar-refractivity contribution in [2.75, 3.05) is 6.54 Å². The highest BCUT2D eigenvalue weighted by Crippen LogP contribution is 2.37. The second-order valence-corrected chi connectivity index (χ2v) is 6.68. The van der Waals surface area contributed by atoms with E-state index >= 15 is 0 Å². The number of carbonyl (C=O) groups is 1. The molecule has 4 rings (SSSR count). The fourth-order valence-electron chi connectivity index (χ4n) is 3.55. The van der Waals surface area contributed by atoms with Crippen LogP contribution in [0.2, 0.25) is 0 Å². The van der Waals surface area contributed by atoms with Crippen molar-refractivity contribution in [1.29, 1.82) is 0 Å². The predicted molar refractivity (Wildman–Crippen MR) is 95.3 cm³/mol. The summed E-state index contributed by atoms with van der Waals surface area (Å²) in [7, 11) is 1.88. The quantitative estimate of drug-likeness (QED) is 0.724. The zero-order valence-corrected chi connectivity index (χ0v) is 14.9. The van der Waals surface area contributed by atoms with Crippen LogP contribution >= 0.6 is 0 Å². The first-order chi connectivity index (χ1) is 12.6. The highest BCUT2D eigenvalue weighted by atomic mass is 16.5. The molecule has 134 valence electrons. The average molecular weight is 351 g/mol. The number of rotatable bonds is 3. The summed E-state index contributed by atoms with van der Waals surface area (Å²) in [5.41, 5.74) is 3.24. The SMILES string of the molecule is Cc1cc(-c2cn(C)nc2C2CCCCN2C(=O)c2ccncc2)on1. The third-order valence-corrected chi connectivity index (χ3v) is 4.76. The summed E-state index contributed by atoms with van der Waals surface area (Å²) in [5.74, 6) is 0.704. The third kappa shape index (κ3) is 3.00. The number of aromatic nitrogens is 4. The largest absolute Gasteiger partial charge is 0.356 e. The Kier molecular flexibility index (Phi) is 4.28. The Morgan fingerprint density at radius 3 is 2.81 bits per heavy atom. The van der Waals surface area contributed by atoms with Crippen LogP contribution in [0.1, 0.15) is 47.1 Å². The van der Waals surface area contributed by atoms with E-state index in [9.17, 15) is 4.79 Å². The van der Waals surface area contributed by atoms with Gasteiger partial charge in [0.25, 0.3) is 5.91 Å². The number of likely N-dealkylation sites (tertiary alicyclic amines) is 1.